The van der Waals surface area contributed by atoms with Crippen LogP contribution >= 0.6 is 27.5 Å². The number of aliphatic hydroxyl groups is 1. The van der Waals surface area contributed by atoms with Crippen molar-refractivity contribution >= 4 is 27.5 Å². The lowest BCUT2D eigenvalue weighted by molar-refractivity contribution is 0.220. The van der Waals surface area contributed by atoms with E-state index in [2.05, 4.69) is 15.9 Å². The number of benzene rings is 2. The smallest absolute Gasteiger partial charge is 0.137 e. The summed E-state index contributed by atoms with van der Waals surface area (Å²) in [5, 5.41) is 10.7. The molecule has 0 spiro atoms. The van der Waals surface area contributed by atoms with Gasteiger partial charge in [0.25, 0.3) is 0 Å². The molecule has 1 N–H and O–H groups in total. The second-order valence-electron chi connectivity index (χ2n) is 3.63. The average Bonchev–Trinajstić information content (AvgIpc) is 2.33. The highest BCUT2D eigenvalue weighted by Gasteiger charge is 2.11. The van der Waals surface area contributed by atoms with Crippen LogP contribution in [-0.2, 0) is 0 Å². The summed E-state index contributed by atoms with van der Waals surface area (Å²) >= 11 is 8.86. The van der Waals surface area contributed by atoms with Gasteiger partial charge in [0.2, 0.25) is 0 Å². The van der Waals surface area contributed by atoms with Gasteiger partial charge in [-0.1, -0.05) is 29.8 Å². The van der Waals surface area contributed by atoms with Crippen molar-refractivity contribution in [2.24, 2.45) is 0 Å². The van der Waals surface area contributed by atoms with Crippen molar-refractivity contribution in [1.29, 1.82) is 0 Å². The van der Waals surface area contributed by atoms with Crippen molar-refractivity contribution in [1.82, 2.24) is 0 Å². The Morgan fingerprint density at radius 2 is 1.65 bits per heavy atom. The Kier molecular flexibility index (Phi) is 3.82. The summed E-state index contributed by atoms with van der Waals surface area (Å²) < 4.78 is 13.4. The molecule has 0 aromatic heterocycles. The van der Waals surface area contributed by atoms with E-state index in [1.54, 1.807) is 36.4 Å². The van der Waals surface area contributed by atoms with Crippen LogP contribution in [0.4, 0.5) is 4.39 Å². The van der Waals surface area contributed by atoms with E-state index in [4.69, 9.17) is 11.6 Å². The summed E-state index contributed by atoms with van der Waals surface area (Å²) in [7, 11) is 0. The van der Waals surface area contributed by atoms with Gasteiger partial charge in [-0.25, -0.2) is 4.39 Å². The highest BCUT2D eigenvalue weighted by molar-refractivity contribution is 9.10. The summed E-state index contributed by atoms with van der Waals surface area (Å²) in [5.41, 5.74) is 1.34. The molecule has 0 aliphatic heterocycles. The van der Waals surface area contributed by atoms with Crippen molar-refractivity contribution in [2.75, 3.05) is 0 Å². The summed E-state index contributed by atoms with van der Waals surface area (Å²) in [6.45, 7) is 0. The standard InChI is InChI=1S/C13H9BrClFO/c14-11-7-9(3-6-12(11)16)13(17)8-1-4-10(15)5-2-8/h1-7,13,17H. The molecule has 4 heteroatoms. The van der Waals surface area contributed by atoms with Crippen LogP contribution in [0, 0.1) is 5.82 Å². The van der Waals surface area contributed by atoms with Crippen LogP contribution in [0.25, 0.3) is 0 Å². The number of aliphatic hydroxyl groups excluding tert-OH is 1. The van der Waals surface area contributed by atoms with Crippen LogP contribution in [-0.4, -0.2) is 5.11 Å². The highest BCUT2D eigenvalue weighted by Crippen LogP contribution is 2.26. The van der Waals surface area contributed by atoms with Crippen LogP contribution in [0.15, 0.2) is 46.9 Å². The Labute approximate surface area is 112 Å². The third-order valence-corrected chi connectivity index (χ3v) is 3.30. The van der Waals surface area contributed by atoms with Gasteiger partial charge in [-0.15, -0.1) is 0 Å². The fourth-order valence-electron chi connectivity index (χ4n) is 1.52. The molecule has 88 valence electrons. The van der Waals surface area contributed by atoms with Gasteiger partial charge in [-0.2, -0.15) is 0 Å². The Morgan fingerprint density at radius 1 is 1.06 bits per heavy atom. The van der Waals surface area contributed by atoms with E-state index in [1.807, 2.05) is 0 Å². The molecule has 0 amide bonds. The zero-order chi connectivity index (χ0) is 12.4. The van der Waals surface area contributed by atoms with Gasteiger partial charge in [-0.05, 0) is 51.3 Å². The summed E-state index contributed by atoms with van der Waals surface area (Å²) in [5.74, 6) is -0.350. The minimum absolute atomic E-state index is 0.336. The lowest BCUT2D eigenvalue weighted by Crippen LogP contribution is -1.99. The first-order valence-electron chi connectivity index (χ1n) is 4.96. The molecule has 1 unspecified atom stereocenters. The Bertz CT molecular complexity index is 527. The number of hydrogen-bond donors (Lipinski definition) is 1. The van der Waals surface area contributed by atoms with Gasteiger partial charge < -0.3 is 5.11 Å². The molecule has 0 radical (unpaired) electrons. The second-order valence-corrected chi connectivity index (χ2v) is 4.92. The monoisotopic (exact) mass is 314 g/mol. The zero-order valence-electron chi connectivity index (χ0n) is 8.70. The molecule has 2 aromatic carbocycles. The Balaban J connectivity index is 2.33. The van der Waals surface area contributed by atoms with E-state index in [-0.39, 0.29) is 5.82 Å². The normalized spacial score (nSPS) is 12.5. The minimum atomic E-state index is -0.788. The second kappa shape index (κ2) is 5.17. The van der Waals surface area contributed by atoms with Crippen LogP contribution in [0.1, 0.15) is 17.2 Å². The molecule has 2 aromatic rings. The molecule has 0 saturated heterocycles. The molecule has 0 bridgehead atoms. The maximum Gasteiger partial charge on any atom is 0.137 e. The third-order valence-electron chi connectivity index (χ3n) is 2.45. The molecule has 2 rings (SSSR count). The third kappa shape index (κ3) is 2.86. The molecule has 0 fully saturated rings. The van der Waals surface area contributed by atoms with Crippen molar-refractivity contribution in [2.45, 2.75) is 6.10 Å². The van der Waals surface area contributed by atoms with Crippen LogP contribution in [0.5, 0.6) is 0 Å². The van der Waals surface area contributed by atoms with Crippen molar-refractivity contribution in [3.8, 4) is 0 Å². The molecule has 1 nitrogen and oxygen atoms in total. The molecule has 17 heavy (non-hydrogen) atoms. The lowest BCUT2D eigenvalue weighted by Gasteiger charge is -2.12. The quantitative estimate of drug-likeness (QED) is 0.875. The van der Waals surface area contributed by atoms with Crippen molar-refractivity contribution in [3.63, 3.8) is 0 Å². The van der Waals surface area contributed by atoms with Gasteiger partial charge in [0.05, 0.1) is 4.47 Å². The number of rotatable bonds is 2. The fraction of sp³-hybridized carbons (Fsp3) is 0.0769. The topological polar surface area (TPSA) is 20.2 Å². The van der Waals surface area contributed by atoms with Crippen molar-refractivity contribution in [3.05, 3.63) is 68.9 Å². The molecule has 0 aliphatic carbocycles. The molecular weight excluding hydrogens is 306 g/mol. The van der Waals surface area contributed by atoms with Gasteiger partial charge >= 0.3 is 0 Å². The van der Waals surface area contributed by atoms with Gasteiger partial charge in [0.15, 0.2) is 0 Å². The molecule has 0 heterocycles. The van der Waals surface area contributed by atoms with Gasteiger partial charge in [0, 0.05) is 5.02 Å². The largest absolute Gasteiger partial charge is 0.384 e. The van der Waals surface area contributed by atoms with Crippen molar-refractivity contribution < 1.29 is 9.50 Å². The molecular formula is C13H9BrClFO. The van der Waals surface area contributed by atoms with E-state index in [9.17, 15) is 9.50 Å². The number of halogens is 3. The maximum absolute atomic E-state index is 13.1. The molecule has 0 saturated carbocycles. The van der Waals surface area contributed by atoms with E-state index < -0.39 is 6.10 Å². The minimum Gasteiger partial charge on any atom is -0.384 e. The van der Waals surface area contributed by atoms with Gasteiger partial charge in [0.1, 0.15) is 11.9 Å². The first-order chi connectivity index (χ1) is 8.08. The Hall–Kier alpha value is -0.900. The first-order valence-corrected chi connectivity index (χ1v) is 6.13. The van der Waals surface area contributed by atoms with Crippen LogP contribution < -0.4 is 0 Å². The lowest BCUT2D eigenvalue weighted by atomic mass is 10.0. The van der Waals surface area contributed by atoms with Crippen LogP contribution in [0.2, 0.25) is 5.02 Å². The predicted molar refractivity (Wildman–Crippen MR) is 69.6 cm³/mol. The molecule has 0 aliphatic rings. The van der Waals surface area contributed by atoms with E-state index in [0.29, 0.717) is 20.6 Å². The van der Waals surface area contributed by atoms with E-state index in [1.165, 1.54) is 6.07 Å². The molecule has 1 atom stereocenters. The summed E-state index contributed by atoms with van der Waals surface area (Å²) in [6, 6.07) is 11.3. The highest BCUT2D eigenvalue weighted by atomic mass is 79.9. The summed E-state index contributed by atoms with van der Waals surface area (Å²) in [4.78, 5) is 0. The SMILES string of the molecule is OC(c1ccc(Cl)cc1)c1ccc(F)c(Br)c1. The Morgan fingerprint density at radius 3 is 2.24 bits per heavy atom. The van der Waals surface area contributed by atoms with E-state index in [0.717, 1.165) is 0 Å². The zero-order valence-corrected chi connectivity index (χ0v) is 11.0. The average molecular weight is 316 g/mol. The number of hydrogen-bond acceptors (Lipinski definition) is 1. The fourth-order valence-corrected chi connectivity index (χ4v) is 2.04. The van der Waals surface area contributed by atoms with E-state index >= 15 is 0 Å². The first kappa shape index (κ1) is 12.6. The predicted octanol–water partition coefficient (Wildman–Crippen LogP) is 4.32. The van der Waals surface area contributed by atoms with Gasteiger partial charge in [-0.3, -0.25) is 0 Å². The summed E-state index contributed by atoms with van der Waals surface area (Å²) in [6.07, 6.45) is -0.788. The maximum atomic E-state index is 13.1. The van der Waals surface area contributed by atoms with Crippen LogP contribution in [0.3, 0.4) is 0 Å².